The maximum Gasteiger partial charge on any atom is 0.410 e. The quantitative estimate of drug-likeness (QED) is 0.778. The van der Waals surface area contributed by atoms with E-state index in [0.29, 0.717) is 5.82 Å². The second-order valence-electron chi connectivity index (χ2n) is 9.76. The number of halogens is 3. The van der Waals surface area contributed by atoms with Crippen LogP contribution in [0.3, 0.4) is 0 Å². The number of likely N-dealkylation sites (tertiary alicyclic amines) is 1. The monoisotopic (exact) mass is 424 g/mol. The predicted octanol–water partition coefficient (Wildman–Crippen LogP) is 4.68. The largest absolute Gasteiger partial charge is 0.410 e. The summed E-state index contributed by atoms with van der Waals surface area (Å²) in [7, 11) is 1.88. The molecule has 0 saturated carbocycles. The van der Waals surface area contributed by atoms with Crippen molar-refractivity contribution in [3.05, 3.63) is 29.7 Å². The zero-order valence-electron chi connectivity index (χ0n) is 18.1. The maximum absolute atomic E-state index is 13.9. The molecular weight excluding hydrogens is 393 g/mol. The van der Waals surface area contributed by atoms with Crippen molar-refractivity contribution in [2.75, 3.05) is 11.9 Å². The lowest BCUT2D eigenvalue weighted by Crippen LogP contribution is -2.44. The number of aromatic nitrogens is 4. The molecule has 0 spiro atoms. The third kappa shape index (κ3) is 4.22. The van der Waals surface area contributed by atoms with Crippen LogP contribution < -0.4 is 5.32 Å². The third-order valence-electron chi connectivity index (χ3n) is 6.35. The first-order valence-corrected chi connectivity index (χ1v) is 10.7. The molecule has 1 saturated heterocycles. The third-order valence-corrected chi connectivity index (χ3v) is 6.35. The number of alkyl halides is 3. The Kier molecular flexibility index (Phi) is 5.36. The first-order valence-electron chi connectivity index (χ1n) is 10.7. The zero-order chi connectivity index (χ0) is 21.7. The van der Waals surface area contributed by atoms with Gasteiger partial charge in [0, 0.05) is 37.5 Å². The lowest BCUT2D eigenvalue weighted by Gasteiger charge is -2.39. The first-order chi connectivity index (χ1) is 14.0. The van der Waals surface area contributed by atoms with Gasteiger partial charge in [-0.15, -0.1) is 0 Å². The fourth-order valence-electron chi connectivity index (χ4n) is 4.63. The van der Waals surface area contributed by atoms with Crippen LogP contribution in [0.2, 0.25) is 0 Å². The highest BCUT2D eigenvalue weighted by molar-refractivity contribution is 5.42. The van der Waals surface area contributed by atoms with Gasteiger partial charge in [0.05, 0.1) is 17.9 Å². The van der Waals surface area contributed by atoms with Crippen molar-refractivity contribution in [3.8, 4) is 0 Å². The minimum atomic E-state index is -4.33. The van der Waals surface area contributed by atoms with E-state index in [-0.39, 0.29) is 23.9 Å². The zero-order valence-corrected chi connectivity index (χ0v) is 18.1. The summed E-state index contributed by atoms with van der Waals surface area (Å²) >= 11 is 0. The molecule has 3 atom stereocenters. The highest BCUT2D eigenvalue weighted by Crippen LogP contribution is 2.44. The number of nitrogens with zero attached hydrogens (tertiary/aromatic N) is 5. The average molecular weight is 425 g/mol. The Labute approximate surface area is 175 Å². The van der Waals surface area contributed by atoms with Crippen LogP contribution in [0, 0.1) is 5.41 Å². The Bertz CT molecular complexity index is 878. The van der Waals surface area contributed by atoms with Crippen molar-refractivity contribution >= 4 is 5.82 Å². The Morgan fingerprint density at radius 1 is 1.20 bits per heavy atom. The van der Waals surface area contributed by atoms with Crippen LogP contribution in [0.4, 0.5) is 19.0 Å². The van der Waals surface area contributed by atoms with Gasteiger partial charge in [0.15, 0.2) is 6.04 Å². The summed E-state index contributed by atoms with van der Waals surface area (Å²) in [6, 6.07) is -0.00924. The number of hydrogen-bond donors (Lipinski definition) is 1. The van der Waals surface area contributed by atoms with Gasteiger partial charge in [0.1, 0.15) is 5.82 Å². The molecule has 0 unspecified atom stereocenters. The van der Waals surface area contributed by atoms with Crippen LogP contribution >= 0.6 is 0 Å². The van der Waals surface area contributed by atoms with Crippen LogP contribution in [0.25, 0.3) is 0 Å². The minimum Gasteiger partial charge on any atom is -0.367 e. The van der Waals surface area contributed by atoms with Crippen LogP contribution in [-0.2, 0) is 13.6 Å². The lowest BCUT2D eigenvalue weighted by molar-refractivity contribution is -0.175. The average Bonchev–Trinajstić information content (AvgIpc) is 3.25. The van der Waals surface area contributed by atoms with Crippen molar-refractivity contribution < 1.29 is 13.2 Å². The molecule has 2 aliphatic heterocycles. The summed E-state index contributed by atoms with van der Waals surface area (Å²) in [5, 5.41) is 12.1. The van der Waals surface area contributed by atoms with Gasteiger partial charge in [-0.05, 0) is 31.2 Å². The Morgan fingerprint density at radius 2 is 1.97 bits per heavy atom. The van der Waals surface area contributed by atoms with E-state index in [4.69, 9.17) is 0 Å². The number of aryl methyl sites for hydroxylation is 1. The summed E-state index contributed by atoms with van der Waals surface area (Å²) in [6.07, 6.45) is 2.53. The van der Waals surface area contributed by atoms with E-state index in [9.17, 15) is 13.2 Å². The van der Waals surface area contributed by atoms with Crippen LogP contribution in [0.5, 0.6) is 0 Å². The molecule has 2 aliphatic rings. The summed E-state index contributed by atoms with van der Waals surface area (Å²) in [4.78, 5) is 2.32. The number of nitrogens with one attached hydrogen (secondary N) is 1. The van der Waals surface area contributed by atoms with E-state index in [0.717, 1.165) is 43.6 Å². The molecule has 0 aliphatic carbocycles. The van der Waals surface area contributed by atoms with Crippen LogP contribution in [-0.4, -0.2) is 43.2 Å². The van der Waals surface area contributed by atoms with Crippen molar-refractivity contribution in [2.45, 2.75) is 77.3 Å². The topological polar surface area (TPSA) is 50.9 Å². The molecule has 0 bridgehead atoms. The molecule has 166 valence electrons. The number of piperidine rings is 1. The van der Waals surface area contributed by atoms with Crippen molar-refractivity contribution in [2.24, 2.45) is 12.5 Å². The molecule has 6 nitrogen and oxygen atoms in total. The number of hydrogen-bond acceptors (Lipinski definition) is 4. The molecule has 2 aromatic rings. The smallest absolute Gasteiger partial charge is 0.367 e. The van der Waals surface area contributed by atoms with Gasteiger partial charge in [-0.25, -0.2) is 4.68 Å². The first kappa shape index (κ1) is 21.2. The lowest BCUT2D eigenvalue weighted by atomic mass is 9.82. The van der Waals surface area contributed by atoms with E-state index < -0.39 is 12.2 Å². The Morgan fingerprint density at radius 3 is 2.60 bits per heavy atom. The van der Waals surface area contributed by atoms with Gasteiger partial charge < -0.3 is 5.32 Å². The fraction of sp³-hybridized carbons (Fsp3) is 0.714. The Balaban J connectivity index is 1.64. The summed E-state index contributed by atoms with van der Waals surface area (Å²) in [5.41, 5.74) is 1.55. The standard InChI is InChI=1S/C21H31F3N6/c1-20(2,3)17-10-18(21(22,23)24)30-19(26-17)9-15(27-30)16-7-5-6-8-29(16)13-14-11-25-28(4)12-14/h9,11-12,16-18,26H,5-8,10,13H2,1-4H3/t16-,17-,18+/m0/s1. The van der Waals surface area contributed by atoms with Gasteiger partial charge >= 0.3 is 6.18 Å². The SMILES string of the molecule is Cn1cc(CN2CCCC[C@H]2c2cc3n(n2)[C@@H](C(F)(F)F)C[C@@H](C(C)(C)C)N3)cn1. The van der Waals surface area contributed by atoms with Crippen molar-refractivity contribution in [1.29, 1.82) is 0 Å². The van der Waals surface area contributed by atoms with E-state index >= 15 is 0 Å². The fourth-order valence-corrected chi connectivity index (χ4v) is 4.63. The van der Waals surface area contributed by atoms with Crippen LogP contribution in [0.15, 0.2) is 18.5 Å². The van der Waals surface area contributed by atoms with Gasteiger partial charge in [0.2, 0.25) is 0 Å². The van der Waals surface area contributed by atoms with Crippen LogP contribution in [0.1, 0.15) is 69.8 Å². The van der Waals surface area contributed by atoms with Gasteiger partial charge in [-0.2, -0.15) is 23.4 Å². The Hall–Kier alpha value is -2.03. The van der Waals surface area contributed by atoms with Gasteiger partial charge in [-0.1, -0.05) is 27.2 Å². The molecule has 4 rings (SSSR count). The van der Waals surface area contributed by atoms with E-state index in [1.807, 2.05) is 46.3 Å². The number of fused-ring (bicyclic) bond motifs is 1. The molecule has 4 heterocycles. The summed E-state index contributed by atoms with van der Waals surface area (Å²) < 4.78 is 44.6. The number of rotatable bonds is 3. The molecule has 0 radical (unpaired) electrons. The summed E-state index contributed by atoms with van der Waals surface area (Å²) in [6.45, 7) is 7.55. The molecule has 30 heavy (non-hydrogen) atoms. The van der Waals surface area contributed by atoms with Gasteiger partial charge in [-0.3, -0.25) is 9.58 Å². The molecule has 9 heteroatoms. The van der Waals surface area contributed by atoms with Crippen molar-refractivity contribution in [1.82, 2.24) is 24.5 Å². The maximum atomic E-state index is 13.9. The molecule has 0 amide bonds. The molecule has 1 N–H and O–H groups in total. The van der Waals surface area contributed by atoms with E-state index in [1.165, 1.54) is 4.68 Å². The summed E-state index contributed by atoms with van der Waals surface area (Å²) in [5.74, 6) is 0.477. The predicted molar refractivity (Wildman–Crippen MR) is 109 cm³/mol. The molecule has 1 fully saturated rings. The van der Waals surface area contributed by atoms with Gasteiger partial charge in [0.25, 0.3) is 0 Å². The minimum absolute atomic E-state index is 0.00874. The normalized spacial score (nSPS) is 25.8. The molecule has 0 aromatic carbocycles. The number of anilines is 1. The van der Waals surface area contributed by atoms with E-state index in [2.05, 4.69) is 20.4 Å². The second kappa shape index (κ2) is 7.59. The molecular formula is C21H31F3N6. The molecule has 2 aromatic heterocycles. The second-order valence-corrected chi connectivity index (χ2v) is 9.76. The van der Waals surface area contributed by atoms with E-state index in [1.54, 1.807) is 4.68 Å². The van der Waals surface area contributed by atoms with Crippen molar-refractivity contribution in [3.63, 3.8) is 0 Å². The highest BCUT2D eigenvalue weighted by Gasteiger charge is 2.48. The highest BCUT2D eigenvalue weighted by atomic mass is 19.4.